The van der Waals surface area contributed by atoms with Crippen molar-refractivity contribution in [1.29, 1.82) is 0 Å². The van der Waals surface area contributed by atoms with Crippen LogP contribution in [0.2, 0.25) is 0 Å². The third kappa shape index (κ3) is 3.91. The molecule has 4 nitrogen and oxygen atoms in total. The third-order valence-corrected chi connectivity index (χ3v) is 4.89. The molecule has 0 unspecified atom stereocenters. The summed E-state index contributed by atoms with van der Waals surface area (Å²) in [6, 6.07) is 0.755. The van der Waals surface area contributed by atoms with Crippen molar-refractivity contribution in [2.75, 3.05) is 31.7 Å². The van der Waals surface area contributed by atoms with Crippen LogP contribution in [0.15, 0.2) is 5.38 Å². The van der Waals surface area contributed by atoms with Gasteiger partial charge in [-0.15, -0.1) is 11.3 Å². The monoisotopic (exact) mass is 281 g/mol. The molecule has 0 radical (unpaired) electrons. The second-order valence-corrected chi connectivity index (χ2v) is 6.55. The molecule has 1 aliphatic heterocycles. The molecule has 1 aromatic rings. The van der Waals surface area contributed by atoms with Crippen LogP contribution in [-0.2, 0) is 11.3 Å². The van der Waals surface area contributed by atoms with Crippen LogP contribution in [0.5, 0.6) is 0 Å². The Kier molecular flexibility index (Phi) is 4.35. The zero-order valence-electron chi connectivity index (χ0n) is 11.6. The molecule has 1 saturated carbocycles. The number of thiazole rings is 1. The van der Waals surface area contributed by atoms with Crippen LogP contribution in [0.25, 0.3) is 0 Å². The topological polar surface area (TPSA) is 37.4 Å². The number of anilines is 1. The van der Waals surface area contributed by atoms with Gasteiger partial charge in [0.15, 0.2) is 5.13 Å². The molecule has 0 amide bonds. The summed E-state index contributed by atoms with van der Waals surface area (Å²) in [4.78, 5) is 7.03. The average molecular weight is 281 g/mol. The van der Waals surface area contributed by atoms with E-state index >= 15 is 0 Å². The Morgan fingerprint density at radius 3 is 2.89 bits per heavy atom. The molecular formula is C14H23N3OS. The molecule has 1 aromatic heterocycles. The lowest BCUT2D eigenvalue weighted by Crippen LogP contribution is -2.29. The fourth-order valence-corrected chi connectivity index (χ4v) is 3.29. The summed E-state index contributed by atoms with van der Waals surface area (Å²) in [5.74, 6) is 0.760. The normalized spacial score (nSPS) is 20.7. The number of rotatable bonds is 6. The number of hydrogen-bond acceptors (Lipinski definition) is 5. The van der Waals surface area contributed by atoms with E-state index in [-0.39, 0.29) is 0 Å². The maximum atomic E-state index is 5.41. The Morgan fingerprint density at radius 1 is 1.37 bits per heavy atom. The van der Waals surface area contributed by atoms with Crippen LogP contribution in [0.1, 0.15) is 31.4 Å². The first-order chi connectivity index (χ1) is 9.31. The summed E-state index contributed by atoms with van der Waals surface area (Å²) >= 11 is 1.76. The van der Waals surface area contributed by atoms with Crippen LogP contribution < -0.4 is 10.2 Å². The summed E-state index contributed by atoms with van der Waals surface area (Å²) in [6.07, 6.45) is 5.04. The van der Waals surface area contributed by atoms with E-state index in [0.717, 1.165) is 43.4 Å². The molecule has 2 aliphatic rings. The van der Waals surface area contributed by atoms with Crippen LogP contribution in [0, 0.1) is 5.92 Å². The largest absolute Gasteiger partial charge is 0.381 e. The zero-order chi connectivity index (χ0) is 13.1. The van der Waals surface area contributed by atoms with E-state index in [2.05, 4.69) is 22.6 Å². The summed E-state index contributed by atoms with van der Waals surface area (Å²) in [5, 5.41) is 6.85. The first-order valence-electron chi connectivity index (χ1n) is 7.28. The Labute approximate surface area is 119 Å². The fraction of sp³-hybridized carbons (Fsp3) is 0.786. The molecule has 0 bridgehead atoms. The van der Waals surface area contributed by atoms with Crippen molar-refractivity contribution in [3.05, 3.63) is 11.1 Å². The maximum absolute atomic E-state index is 5.41. The van der Waals surface area contributed by atoms with Crippen molar-refractivity contribution < 1.29 is 4.74 Å². The highest BCUT2D eigenvalue weighted by atomic mass is 32.1. The van der Waals surface area contributed by atoms with Crippen LogP contribution in [0.3, 0.4) is 0 Å². The van der Waals surface area contributed by atoms with Crippen molar-refractivity contribution in [1.82, 2.24) is 10.3 Å². The van der Waals surface area contributed by atoms with Crippen molar-refractivity contribution in [2.45, 2.75) is 38.3 Å². The van der Waals surface area contributed by atoms with Gasteiger partial charge in [-0.3, -0.25) is 0 Å². The highest BCUT2D eigenvalue weighted by Crippen LogP contribution is 2.24. The summed E-state index contributed by atoms with van der Waals surface area (Å²) in [5.41, 5.74) is 1.19. The van der Waals surface area contributed by atoms with Crippen LogP contribution in [0.4, 0.5) is 5.13 Å². The van der Waals surface area contributed by atoms with Gasteiger partial charge in [-0.1, -0.05) is 0 Å². The van der Waals surface area contributed by atoms with Gasteiger partial charge in [0.25, 0.3) is 0 Å². The highest BCUT2D eigenvalue weighted by Gasteiger charge is 2.21. The van der Waals surface area contributed by atoms with E-state index in [1.807, 2.05) is 0 Å². The molecule has 5 heteroatoms. The second kappa shape index (κ2) is 6.20. The molecule has 2 fully saturated rings. The number of aromatic nitrogens is 1. The molecule has 0 aromatic carbocycles. The molecule has 0 spiro atoms. The highest BCUT2D eigenvalue weighted by molar-refractivity contribution is 7.13. The van der Waals surface area contributed by atoms with Crippen molar-refractivity contribution in [3.8, 4) is 0 Å². The molecule has 106 valence electrons. The van der Waals surface area contributed by atoms with E-state index in [1.54, 1.807) is 11.3 Å². The summed E-state index contributed by atoms with van der Waals surface area (Å²) < 4.78 is 5.41. The predicted octanol–water partition coefficient (Wildman–Crippen LogP) is 2.26. The van der Waals surface area contributed by atoms with Gasteiger partial charge in [0.2, 0.25) is 0 Å². The van der Waals surface area contributed by atoms with E-state index in [4.69, 9.17) is 9.72 Å². The standard InChI is InChI=1S/C14H23N3OS/c1-17(9-11-4-6-18-7-5-11)14-16-13(10-19-14)8-15-12-2-3-12/h10-12,15H,2-9H2,1H3. The molecule has 1 N–H and O–H groups in total. The maximum Gasteiger partial charge on any atom is 0.185 e. The molecule has 2 heterocycles. The van der Waals surface area contributed by atoms with Crippen molar-refractivity contribution >= 4 is 16.5 Å². The third-order valence-electron chi connectivity index (χ3n) is 3.89. The lowest BCUT2D eigenvalue weighted by atomic mass is 10.0. The minimum atomic E-state index is 0.755. The quantitative estimate of drug-likeness (QED) is 0.868. The molecule has 3 rings (SSSR count). The Morgan fingerprint density at radius 2 is 2.16 bits per heavy atom. The Hall–Kier alpha value is -0.650. The fourth-order valence-electron chi connectivity index (χ4n) is 2.48. The summed E-state index contributed by atoms with van der Waals surface area (Å²) in [7, 11) is 2.16. The Balaban J connectivity index is 1.48. The minimum absolute atomic E-state index is 0.755. The number of nitrogens with one attached hydrogen (secondary N) is 1. The molecule has 1 aliphatic carbocycles. The van der Waals surface area contributed by atoms with Gasteiger partial charge in [-0.2, -0.15) is 0 Å². The van der Waals surface area contributed by atoms with Gasteiger partial charge in [0, 0.05) is 44.8 Å². The first kappa shape index (κ1) is 13.3. The van der Waals surface area contributed by atoms with E-state index in [0.29, 0.717) is 0 Å². The molecule has 1 saturated heterocycles. The van der Waals surface area contributed by atoms with Crippen LogP contribution >= 0.6 is 11.3 Å². The predicted molar refractivity (Wildman–Crippen MR) is 78.8 cm³/mol. The molecular weight excluding hydrogens is 258 g/mol. The van der Waals surface area contributed by atoms with Gasteiger partial charge in [0.1, 0.15) is 0 Å². The van der Waals surface area contributed by atoms with E-state index in [1.165, 1.54) is 31.4 Å². The van der Waals surface area contributed by atoms with E-state index < -0.39 is 0 Å². The molecule has 0 atom stereocenters. The van der Waals surface area contributed by atoms with Gasteiger partial charge < -0.3 is 15.0 Å². The van der Waals surface area contributed by atoms with E-state index in [9.17, 15) is 0 Å². The number of ether oxygens (including phenoxy) is 1. The zero-order valence-corrected chi connectivity index (χ0v) is 12.4. The number of hydrogen-bond donors (Lipinski definition) is 1. The lowest BCUT2D eigenvalue weighted by Gasteiger charge is -2.26. The van der Waals surface area contributed by atoms with Crippen LogP contribution in [-0.4, -0.2) is 37.8 Å². The average Bonchev–Trinajstić information content (AvgIpc) is 3.14. The molecule has 19 heavy (non-hydrogen) atoms. The summed E-state index contributed by atoms with van der Waals surface area (Å²) in [6.45, 7) is 3.87. The first-order valence-corrected chi connectivity index (χ1v) is 8.16. The lowest BCUT2D eigenvalue weighted by molar-refractivity contribution is 0.0685. The van der Waals surface area contributed by atoms with Gasteiger partial charge in [-0.05, 0) is 31.6 Å². The smallest absolute Gasteiger partial charge is 0.185 e. The van der Waals surface area contributed by atoms with Crippen molar-refractivity contribution in [3.63, 3.8) is 0 Å². The van der Waals surface area contributed by atoms with Gasteiger partial charge in [-0.25, -0.2) is 4.98 Å². The van der Waals surface area contributed by atoms with Gasteiger partial charge in [0.05, 0.1) is 5.69 Å². The second-order valence-electron chi connectivity index (χ2n) is 5.71. The minimum Gasteiger partial charge on any atom is -0.381 e. The Bertz CT molecular complexity index is 399. The van der Waals surface area contributed by atoms with Gasteiger partial charge >= 0.3 is 0 Å². The number of nitrogens with zero attached hydrogens (tertiary/aromatic N) is 2. The SMILES string of the molecule is CN(CC1CCOCC1)c1nc(CNC2CC2)cs1. The van der Waals surface area contributed by atoms with Crippen molar-refractivity contribution in [2.24, 2.45) is 5.92 Å².